The van der Waals surface area contributed by atoms with E-state index in [1.165, 1.54) is 12.8 Å². The van der Waals surface area contributed by atoms with Crippen LogP contribution in [0.4, 0.5) is 11.4 Å². The molecule has 0 bridgehead atoms. The van der Waals surface area contributed by atoms with Gasteiger partial charge in [-0.2, -0.15) is 0 Å². The summed E-state index contributed by atoms with van der Waals surface area (Å²) in [6, 6.07) is 5.47. The minimum absolute atomic E-state index is 0.104. The Morgan fingerprint density at radius 2 is 2.00 bits per heavy atom. The second-order valence-electron chi connectivity index (χ2n) is 6.71. The van der Waals surface area contributed by atoms with Crippen molar-refractivity contribution in [1.82, 2.24) is 0 Å². The maximum atomic E-state index is 10.9. The molecule has 2 rings (SSSR count). The van der Waals surface area contributed by atoms with Gasteiger partial charge in [-0.3, -0.25) is 10.1 Å². The minimum Gasteiger partial charge on any atom is -0.371 e. The van der Waals surface area contributed by atoms with Gasteiger partial charge in [0.25, 0.3) is 5.69 Å². The molecule has 21 heavy (non-hydrogen) atoms. The molecule has 0 heterocycles. The Morgan fingerprint density at radius 1 is 1.38 bits per heavy atom. The van der Waals surface area contributed by atoms with E-state index in [0.29, 0.717) is 17.3 Å². The molecule has 0 unspecified atom stereocenters. The van der Waals surface area contributed by atoms with Crippen LogP contribution in [-0.4, -0.2) is 18.0 Å². The Morgan fingerprint density at radius 3 is 2.52 bits per heavy atom. The molecule has 0 aliphatic heterocycles. The predicted molar refractivity (Wildman–Crippen MR) is 87.1 cm³/mol. The zero-order chi connectivity index (χ0) is 15.6. The Balaban J connectivity index is 2.19. The summed E-state index contributed by atoms with van der Waals surface area (Å²) in [4.78, 5) is 12.7. The molecule has 1 saturated carbocycles. The largest absolute Gasteiger partial charge is 0.371 e. The molecule has 0 saturated heterocycles. The molecule has 1 aliphatic rings. The molecule has 0 aromatic heterocycles. The molecule has 0 N–H and O–H groups in total. The third kappa shape index (κ3) is 3.67. The lowest BCUT2D eigenvalue weighted by Gasteiger charge is -2.40. The highest BCUT2D eigenvalue weighted by Crippen LogP contribution is 2.38. The lowest BCUT2D eigenvalue weighted by atomic mass is 9.75. The van der Waals surface area contributed by atoms with Crippen molar-refractivity contribution in [2.45, 2.75) is 51.5 Å². The lowest BCUT2D eigenvalue weighted by molar-refractivity contribution is -0.384. The van der Waals surface area contributed by atoms with E-state index < -0.39 is 0 Å². The van der Waals surface area contributed by atoms with E-state index in [2.05, 4.69) is 25.8 Å². The summed E-state index contributed by atoms with van der Waals surface area (Å²) in [5, 5.41) is 10.9. The first-order valence-electron chi connectivity index (χ1n) is 7.40. The summed E-state index contributed by atoms with van der Waals surface area (Å²) < 4.78 is 0. The molecule has 0 atom stereocenters. The fraction of sp³-hybridized carbons (Fsp3) is 0.625. The van der Waals surface area contributed by atoms with E-state index in [9.17, 15) is 10.1 Å². The van der Waals surface area contributed by atoms with Crippen molar-refractivity contribution in [3.8, 4) is 0 Å². The number of anilines is 1. The van der Waals surface area contributed by atoms with Crippen LogP contribution >= 0.6 is 11.6 Å². The van der Waals surface area contributed by atoms with Crippen LogP contribution in [0.15, 0.2) is 18.2 Å². The maximum absolute atomic E-state index is 10.9. The lowest BCUT2D eigenvalue weighted by Crippen LogP contribution is -2.37. The molecule has 1 aliphatic carbocycles. The van der Waals surface area contributed by atoms with Gasteiger partial charge in [0.2, 0.25) is 0 Å². The second kappa shape index (κ2) is 6.22. The van der Waals surface area contributed by atoms with Gasteiger partial charge in [0, 0.05) is 36.8 Å². The van der Waals surface area contributed by atoms with Gasteiger partial charge in [0.1, 0.15) is 0 Å². The Hall–Kier alpha value is -1.29. The number of nitro groups is 1. The Bertz CT molecular complexity index is 521. The number of halogens is 1. The van der Waals surface area contributed by atoms with Crippen LogP contribution in [0.25, 0.3) is 0 Å². The summed E-state index contributed by atoms with van der Waals surface area (Å²) in [6.45, 7) is 4.64. The van der Waals surface area contributed by atoms with Crippen LogP contribution in [-0.2, 0) is 5.88 Å². The van der Waals surface area contributed by atoms with Crippen molar-refractivity contribution in [3.05, 3.63) is 33.9 Å². The van der Waals surface area contributed by atoms with Gasteiger partial charge in [0.05, 0.1) is 4.92 Å². The smallest absolute Gasteiger partial charge is 0.269 e. The van der Waals surface area contributed by atoms with Gasteiger partial charge in [-0.1, -0.05) is 13.8 Å². The van der Waals surface area contributed by atoms with Crippen LogP contribution in [0.3, 0.4) is 0 Å². The van der Waals surface area contributed by atoms with Crippen molar-refractivity contribution >= 4 is 23.0 Å². The van der Waals surface area contributed by atoms with Gasteiger partial charge in [-0.15, -0.1) is 11.6 Å². The number of non-ortho nitro benzene ring substituents is 1. The van der Waals surface area contributed by atoms with Gasteiger partial charge in [0.15, 0.2) is 0 Å². The van der Waals surface area contributed by atoms with Crippen molar-refractivity contribution < 1.29 is 4.92 Å². The highest BCUT2D eigenvalue weighted by Gasteiger charge is 2.29. The SMILES string of the molecule is CN(c1ccc([N+](=O)[O-])cc1CCl)C1CCC(C)(C)CC1. The summed E-state index contributed by atoms with van der Waals surface area (Å²) in [7, 11) is 2.07. The summed E-state index contributed by atoms with van der Waals surface area (Å²) in [5.41, 5.74) is 2.38. The average Bonchev–Trinajstić information content (AvgIpc) is 2.45. The molecular formula is C16H23ClN2O2. The summed E-state index contributed by atoms with van der Waals surface area (Å²) in [5.74, 6) is 0.291. The van der Waals surface area contributed by atoms with E-state index in [4.69, 9.17) is 11.6 Å². The first-order valence-corrected chi connectivity index (χ1v) is 7.93. The maximum Gasteiger partial charge on any atom is 0.269 e. The fourth-order valence-corrected chi connectivity index (χ4v) is 3.32. The third-order valence-electron chi connectivity index (χ3n) is 4.65. The van der Waals surface area contributed by atoms with Gasteiger partial charge in [-0.25, -0.2) is 0 Å². The van der Waals surface area contributed by atoms with Gasteiger partial charge >= 0.3 is 0 Å². The van der Waals surface area contributed by atoms with Crippen LogP contribution in [0.2, 0.25) is 0 Å². The van der Waals surface area contributed by atoms with Crippen molar-refractivity contribution in [2.75, 3.05) is 11.9 Å². The number of nitro benzene ring substituents is 1. The number of hydrogen-bond acceptors (Lipinski definition) is 3. The van der Waals surface area contributed by atoms with Crippen LogP contribution in [0.5, 0.6) is 0 Å². The van der Waals surface area contributed by atoms with E-state index in [1.54, 1.807) is 12.1 Å². The summed E-state index contributed by atoms with van der Waals surface area (Å²) in [6.07, 6.45) is 4.74. The van der Waals surface area contributed by atoms with Gasteiger partial charge in [-0.05, 0) is 42.7 Å². The van der Waals surface area contributed by atoms with Gasteiger partial charge < -0.3 is 4.90 Å². The minimum atomic E-state index is -0.372. The highest BCUT2D eigenvalue weighted by atomic mass is 35.5. The summed E-state index contributed by atoms with van der Waals surface area (Å²) >= 11 is 5.99. The second-order valence-corrected chi connectivity index (χ2v) is 6.98. The van der Waals surface area contributed by atoms with Crippen LogP contribution in [0.1, 0.15) is 45.1 Å². The standard InChI is InChI=1S/C16H23ClN2O2/c1-16(2)8-6-13(7-9-16)18(3)15-5-4-14(19(20)21)10-12(15)11-17/h4-5,10,13H,6-9,11H2,1-3H3. The molecule has 0 amide bonds. The zero-order valence-electron chi connectivity index (χ0n) is 12.9. The molecule has 1 fully saturated rings. The molecule has 0 radical (unpaired) electrons. The van der Waals surface area contributed by atoms with E-state index in [-0.39, 0.29) is 10.6 Å². The molecule has 1 aromatic rings. The van der Waals surface area contributed by atoms with E-state index >= 15 is 0 Å². The molecular weight excluding hydrogens is 288 g/mol. The van der Waals surface area contributed by atoms with Crippen LogP contribution in [0, 0.1) is 15.5 Å². The Labute approximate surface area is 131 Å². The third-order valence-corrected chi connectivity index (χ3v) is 4.94. The molecule has 5 heteroatoms. The van der Waals surface area contributed by atoms with Crippen LogP contribution < -0.4 is 4.90 Å². The number of benzene rings is 1. The number of hydrogen-bond donors (Lipinski definition) is 0. The first-order chi connectivity index (χ1) is 9.84. The van der Waals surface area contributed by atoms with Crippen molar-refractivity contribution in [2.24, 2.45) is 5.41 Å². The number of rotatable bonds is 4. The molecule has 116 valence electrons. The predicted octanol–water partition coefficient (Wildman–Crippen LogP) is 4.74. The normalized spacial score (nSPS) is 18.5. The highest BCUT2D eigenvalue weighted by molar-refractivity contribution is 6.17. The number of nitrogens with zero attached hydrogens (tertiary/aromatic N) is 2. The topological polar surface area (TPSA) is 46.4 Å². The number of alkyl halides is 1. The zero-order valence-corrected chi connectivity index (χ0v) is 13.7. The average molecular weight is 311 g/mol. The quantitative estimate of drug-likeness (QED) is 0.458. The molecule has 4 nitrogen and oxygen atoms in total. The Kier molecular flexibility index (Phi) is 4.77. The van der Waals surface area contributed by atoms with E-state index in [0.717, 1.165) is 24.1 Å². The van der Waals surface area contributed by atoms with E-state index in [1.807, 2.05) is 6.07 Å². The first kappa shape index (κ1) is 16.1. The van der Waals surface area contributed by atoms with Crippen molar-refractivity contribution in [3.63, 3.8) is 0 Å². The fourth-order valence-electron chi connectivity index (χ4n) is 3.10. The monoisotopic (exact) mass is 310 g/mol. The molecule has 0 spiro atoms. The molecule has 1 aromatic carbocycles. The van der Waals surface area contributed by atoms with Crippen molar-refractivity contribution in [1.29, 1.82) is 0 Å².